The van der Waals surface area contributed by atoms with Crippen molar-refractivity contribution in [1.29, 1.82) is 0 Å². The largest absolute Gasteiger partial charge is 0.376 e. The number of carbonyl (C=O) groups is 1. The van der Waals surface area contributed by atoms with Gasteiger partial charge in [-0.05, 0) is 47.4 Å². The molecule has 4 aromatic rings. The van der Waals surface area contributed by atoms with Crippen LogP contribution in [-0.4, -0.2) is 30.1 Å². The van der Waals surface area contributed by atoms with Crippen molar-refractivity contribution in [2.24, 2.45) is 0 Å². The monoisotopic (exact) mass is 480 g/mol. The molecule has 1 amide bonds. The number of aromatic nitrogens is 1. The van der Waals surface area contributed by atoms with Crippen LogP contribution in [0.15, 0.2) is 65.1 Å². The zero-order valence-electron chi connectivity index (χ0n) is 16.4. The van der Waals surface area contributed by atoms with E-state index in [1.54, 1.807) is 11.3 Å². The van der Waals surface area contributed by atoms with Gasteiger partial charge in [0.25, 0.3) is 0 Å². The highest BCUT2D eigenvalue weighted by atomic mass is 79.9. The van der Waals surface area contributed by atoms with Crippen LogP contribution in [0.5, 0.6) is 0 Å². The molecule has 1 unspecified atom stereocenters. The van der Waals surface area contributed by atoms with E-state index in [1.165, 1.54) is 5.39 Å². The molecule has 0 bridgehead atoms. The molecule has 1 fully saturated rings. The molecule has 1 aliphatic heterocycles. The first-order valence-electron chi connectivity index (χ1n) is 10.1. The number of nitrogens with zero attached hydrogens (tertiary/aromatic N) is 2. The number of fused-ring (bicyclic) bond motifs is 2. The van der Waals surface area contributed by atoms with Crippen LogP contribution in [0.4, 0.5) is 5.13 Å². The van der Waals surface area contributed by atoms with Crippen molar-refractivity contribution >= 4 is 59.3 Å². The average Bonchev–Trinajstić information content (AvgIpc) is 3.41. The fraction of sp³-hybridized carbons (Fsp3) is 0.250. The zero-order chi connectivity index (χ0) is 20.5. The van der Waals surface area contributed by atoms with E-state index in [0.717, 1.165) is 50.2 Å². The molecule has 1 aliphatic rings. The van der Waals surface area contributed by atoms with Crippen LogP contribution in [-0.2, 0) is 16.0 Å². The topological polar surface area (TPSA) is 42.4 Å². The summed E-state index contributed by atoms with van der Waals surface area (Å²) in [6, 6.07) is 20.5. The summed E-state index contributed by atoms with van der Waals surface area (Å²) in [6.45, 7) is 1.32. The molecule has 1 aromatic heterocycles. The first-order valence-corrected chi connectivity index (χ1v) is 11.7. The minimum atomic E-state index is 0.0545. The maximum atomic E-state index is 13.4. The van der Waals surface area contributed by atoms with Gasteiger partial charge in [-0.1, -0.05) is 69.7 Å². The molecule has 0 saturated carbocycles. The number of rotatable bonds is 5. The van der Waals surface area contributed by atoms with E-state index in [4.69, 9.17) is 9.72 Å². The number of carbonyl (C=O) groups excluding carboxylic acids is 1. The van der Waals surface area contributed by atoms with Crippen molar-refractivity contribution in [3.63, 3.8) is 0 Å². The number of thiazole rings is 1. The summed E-state index contributed by atoms with van der Waals surface area (Å²) in [5.41, 5.74) is 1.92. The van der Waals surface area contributed by atoms with Gasteiger partial charge in [-0.2, -0.15) is 0 Å². The van der Waals surface area contributed by atoms with Gasteiger partial charge >= 0.3 is 0 Å². The van der Waals surface area contributed by atoms with Gasteiger partial charge in [0.2, 0.25) is 5.91 Å². The minimum Gasteiger partial charge on any atom is -0.376 e. The Balaban J connectivity index is 1.45. The predicted octanol–water partition coefficient (Wildman–Crippen LogP) is 5.97. The molecule has 3 aromatic carbocycles. The quantitative estimate of drug-likeness (QED) is 0.353. The normalized spacial score (nSPS) is 16.4. The van der Waals surface area contributed by atoms with Gasteiger partial charge in [-0.25, -0.2) is 4.98 Å². The van der Waals surface area contributed by atoms with Gasteiger partial charge in [0, 0.05) is 11.1 Å². The Labute approximate surface area is 187 Å². The van der Waals surface area contributed by atoms with Crippen molar-refractivity contribution in [3.05, 3.63) is 70.7 Å². The minimum absolute atomic E-state index is 0.0545. The summed E-state index contributed by atoms with van der Waals surface area (Å²) in [6.07, 6.45) is 2.45. The summed E-state index contributed by atoms with van der Waals surface area (Å²) in [5, 5.41) is 3.07. The number of ether oxygens (including phenoxy) is 1. The van der Waals surface area contributed by atoms with E-state index >= 15 is 0 Å². The summed E-state index contributed by atoms with van der Waals surface area (Å²) in [7, 11) is 0. The van der Waals surface area contributed by atoms with Crippen LogP contribution in [0.1, 0.15) is 18.4 Å². The highest BCUT2D eigenvalue weighted by Crippen LogP contribution is 2.32. The third kappa shape index (κ3) is 4.13. The first-order chi connectivity index (χ1) is 14.7. The van der Waals surface area contributed by atoms with Gasteiger partial charge in [0.1, 0.15) is 0 Å². The maximum absolute atomic E-state index is 13.4. The molecule has 0 spiro atoms. The number of anilines is 1. The van der Waals surface area contributed by atoms with Crippen LogP contribution in [0.3, 0.4) is 0 Å². The fourth-order valence-electron chi connectivity index (χ4n) is 3.90. The molecule has 0 N–H and O–H groups in total. The summed E-state index contributed by atoms with van der Waals surface area (Å²) < 4.78 is 7.91. The van der Waals surface area contributed by atoms with E-state index < -0.39 is 0 Å². The third-order valence-electron chi connectivity index (χ3n) is 5.45. The van der Waals surface area contributed by atoms with Crippen LogP contribution in [0.2, 0.25) is 0 Å². The molecule has 1 atom stereocenters. The van der Waals surface area contributed by atoms with E-state index in [9.17, 15) is 4.79 Å². The van der Waals surface area contributed by atoms with Gasteiger partial charge < -0.3 is 4.74 Å². The van der Waals surface area contributed by atoms with E-state index in [-0.39, 0.29) is 12.0 Å². The summed E-state index contributed by atoms with van der Waals surface area (Å²) in [4.78, 5) is 20.0. The fourth-order valence-corrected chi connectivity index (χ4v) is 5.44. The number of hydrogen-bond acceptors (Lipinski definition) is 4. The lowest BCUT2D eigenvalue weighted by Gasteiger charge is -2.23. The van der Waals surface area contributed by atoms with Gasteiger partial charge in [-0.15, -0.1) is 0 Å². The van der Waals surface area contributed by atoms with Crippen molar-refractivity contribution < 1.29 is 9.53 Å². The van der Waals surface area contributed by atoms with Crippen molar-refractivity contribution in [1.82, 2.24) is 4.98 Å². The van der Waals surface area contributed by atoms with Gasteiger partial charge in [-0.3, -0.25) is 9.69 Å². The molecule has 152 valence electrons. The van der Waals surface area contributed by atoms with Gasteiger partial charge in [0.05, 0.1) is 29.3 Å². The van der Waals surface area contributed by atoms with Crippen molar-refractivity contribution in [3.8, 4) is 0 Å². The van der Waals surface area contributed by atoms with Crippen LogP contribution < -0.4 is 4.90 Å². The lowest BCUT2D eigenvalue weighted by atomic mass is 10.0. The second-order valence-electron chi connectivity index (χ2n) is 7.61. The smallest absolute Gasteiger partial charge is 0.233 e. The van der Waals surface area contributed by atoms with Crippen molar-refractivity contribution in [2.45, 2.75) is 25.4 Å². The summed E-state index contributed by atoms with van der Waals surface area (Å²) >= 11 is 5.07. The molecule has 2 heterocycles. The highest BCUT2D eigenvalue weighted by molar-refractivity contribution is 9.10. The molecule has 6 heteroatoms. The molecular weight excluding hydrogens is 460 g/mol. The molecule has 0 radical (unpaired) electrons. The lowest BCUT2D eigenvalue weighted by Crippen LogP contribution is -2.38. The Morgan fingerprint density at radius 1 is 1.13 bits per heavy atom. The molecule has 0 aliphatic carbocycles. The lowest BCUT2D eigenvalue weighted by molar-refractivity contribution is -0.118. The number of benzene rings is 3. The Hall–Kier alpha value is -2.28. The van der Waals surface area contributed by atoms with E-state index in [1.807, 2.05) is 35.2 Å². The first kappa shape index (κ1) is 19.7. The van der Waals surface area contributed by atoms with E-state index in [2.05, 4.69) is 46.3 Å². The number of halogens is 1. The Morgan fingerprint density at radius 3 is 2.83 bits per heavy atom. The van der Waals surface area contributed by atoms with Crippen molar-refractivity contribution in [2.75, 3.05) is 18.1 Å². The predicted molar refractivity (Wildman–Crippen MR) is 126 cm³/mol. The molecule has 1 saturated heterocycles. The molecule has 5 rings (SSSR count). The Kier molecular flexibility index (Phi) is 5.54. The second kappa shape index (κ2) is 8.46. The second-order valence-corrected chi connectivity index (χ2v) is 9.53. The molecule has 4 nitrogen and oxygen atoms in total. The van der Waals surface area contributed by atoms with Gasteiger partial charge in [0.15, 0.2) is 5.13 Å². The average molecular weight is 481 g/mol. The standard InChI is InChI=1S/C24H21BrN2O2S/c25-19-9-10-21-22(14-19)30-24(26-21)27(15-20-6-3-11-29-20)23(28)13-16-7-8-17-4-1-2-5-18(17)12-16/h1-2,4-5,7-10,12,14,20H,3,6,11,13,15H2. The van der Waals surface area contributed by atoms with E-state index in [0.29, 0.717) is 13.0 Å². The van der Waals surface area contributed by atoms with Crippen LogP contribution in [0, 0.1) is 0 Å². The Morgan fingerprint density at radius 2 is 2.00 bits per heavy atom. The maximum Gasteiger partial charge on any atom is 0.233 e. The zero-order valence-corrected chi connectivity index (χ0v) is 18.8. The number of amides is 1. The van der Waals surface area contributed by atoms with Crippen LogP contribution >= 0.6 is 27.3 Å². The SMILES string of the molecule is O=C(Cc1ccc2ccccc2c1)N(CC1CCCO1)c1nc2ccc(Br)cc2s1. The summed E-state index contributed by atoms with van der Waals surface area (Å²) in [5.74, 6) is 0.0545. The van der Waals surface area contributed by atoms with Crippen LogP contribution in [0.25, 0.3) is 21.0 Å². The molecular formula is C24H21BrN2O2S. The highest BCUT2D eigenvalue weighted by Gasteiger charge is 2.26. The molecule has 30 heavy (non-hydrogen) atoms. The number of hydrogen-bond donors (Lipinski definition) is 0. The Bertz CT molecular complexity index is 1220. The third-order valence-corrected chi connectivity index (χ3v) is 6.98.